The van der Waals surface area contributed by atoms with E-state index < -0.39 is 11.9 Å². The van der Waals surface area contributed by atoms with Crippen molar-refractivity contribution >= 4 is 39.9 Å². The Bertz CT molecular complexity index is 966. The average Bonchev–Trinajstić information content (AvgIpc) is 2.66. The molecule has 26 heavy (non-hydrogen) atoms. The summed E-state index contributed by atoms with van der Waals surface area (Å²) in [6, 6.07) is 17.9. The number of nitrogens with one attached hydrogen (secondary N) is 1. The average molecular weight is 370 g/mol. The lowest BCUT2D eigenvalue weighted by molar-refractivity contribution is -0.118. The number of carbonyl (C=O) groups is 2. The van der Waals surface area contributed by atoms with Gasteiger partial charge in [0.15, 0.2) is 6.61 Å². The van der Waals surface area contributed by atoms with Crippen LogP contribution in [0.15, 0.2) is 60.7 Å². The van der Waals surface area contributed by atoms with Crippen LogP contribution < -0.4 is 10.1 Å². The van der Waals surface area contributed by atoms with E-state index in [1.54, 1.807) is 12.1 Å². The Kier molecular flexibility index (Phi) is 5.39. The summed E-state index contributed by atoms with van der Waals surface area (Å²) in [5, 5.41) is 4.97. The molecular formula is C20H16ClNO4. The quantitative estimate of drug-likeness (QED) is 0.681. The molecule has 0 saturated carbocycles. The molecule has 0 spiro atoms. The highest BCUT2D eigenvalue weighted by molar-refractivity contribution is 6.31. The molecule has 0 aliphatic carbocycles. The summed E-state index contributed by atoms with van der Waals surface area (Å²) in [6.07, 6.45) is 0. The van der Waals surface area contributed by atoms with Gasteiger partial charge in [-0.15, -0.1) is 0 Å². The number of hydrogen-bond acceptors (Lipinski definition) is 4. The molecule has 0 bridgehead atoms. The van der Waals surface area contributed by atoms with Crippen molar-refractivity contribution in [3.63, 3.8) is 0 Å². The van der Waals surface area contributed by atoms with Crippen molar-refractivity contribution in [3.05, 3.63) is 71.2 Å². The number of esters is 1. The number of halogens is 1. The lowest BCUT2D eigenvalue weighted by atomic mass is 10.1. The van der Waals surface area contributed by atoms with E-state index in [9.17, 15) is 9.59 Å². The van der Waals surface area contributed by atoms with Crippen LogP contribution in [-0.4, -0.2) is 25.6 Å². The minimum atomic E-state index is -0.563. The van der Waals surface area contributed by atoms with Crippen LogP contribution in [0.25, 0.3) is 10.8 Å². The van der Waals surface area contributed by atoms with Crippen LogP contribution in [0.2, 0.25) is 5.02 Å². The highest BCUT2D eigenvalue weighted by atomic mass is 35.5. The van der Waals surface area contributed by atoms with E-state index in [2.05, 4.69) is 5.32 Å². The topological polar surface area (TPSA) is 64.6 Å². The number of methoxy groups -OCH3 is 1. The van der Waals surface area contributed by atoms with Crippen molar-refractivity contribution in [2.45, 2.75) is 0 Å². The fraction of sp³-hybridized carbons (Fsp3) is 0.100. The Hall–Kier alpha value is -3.05. The second-order valence-corrected chi connectivity index (χ2v) is 5.93. The van der Waals surface area contributed by atoms with Crippen LogP contribution in [0.5, 0.6) is 5.75 Å². The number of fused-ring (bicyclic) bond motifs is 1. The van der Waals surface area contributed by atoms with Gasteiger partial charge in [-0.05, 0) is 29.7 Å². The monoisotopic (exact) mass is 369 g/mol. The van der Waals surface area contributed by atoms with E-state index in [1.807, 2.05) is 36.4 Å². The second kappa shape index (κ2) is 7.89. The van der Waals surface area contributed by atoms with Crippen LogP contribution in [0.3, 0.4) is 0 Å². The summed E-state index contributed by atoms with van der Waals surface area (Å²) in [5.74, 6) is -0.366. The maximum Gasteiger partial charge on any atom is 0.339 e. The number of benzene rings is 3. The van der Waals surface area contributed by atoms with Gasteiger partial charge >= 0.3 is 5.97 Å². The van der Waals surface area contributed by atoms with E-state index >= 15 is 0 Å². The second-order valence-electron chi connectivity index (χ2n) is 5.50. The standard InChI is InChI=1S/C20H16ClNO4/c1-25-20(24)16-10-9-14(21)11-17(16)22-19(23)12-26-18-8-4-6-13-5-2-3-7-15(13)18/h2-11H,12H2,1H3,(H,22,23). The molecule has 0 unspecified atom stereocenters. The molecular weight excluding hydrogens is 354 g/mol. The summed E-state index contributed by atoms with van der Waals surface area (Å²) in [5.41, 5.74) is 0.492. The molecule has 0 saturated heterocycles. The number of rotatable bonds is 5. The van der Waals surface area contributed by atoms with Crippen LogP contribution >= 0.6 is 11.6 Å². The van der Waals surface area contributed by atoms with Crippen molar-refractivity contribution in [2.24, 2.45) is 0 Å². The van der Waals surface area contributed by atoms with Crippen LogP contribution in [0.1, 0.15) is 10.4 Å². The van der Waals surface area contributed by atoms with Gasteiger partial charge in [0.25, 0.3) is 5.91 Å². The largest absolute Gasteiger partial charge is 0.483 e. The normalized spacial score (nSPS) is 10.4. The van der Waals surface area contributed by atoms with Crippen LogP contribution in [0, 0.1) is 0 Å². The van der Waals surface area contributed by atoms with E-state index in [1.165, 1.54) is 19.2 Å². The fourth-order valence-corrected chi connectivity index (χ4v) is 2.73. The Labute approximate surface area is 155 Å². The Morgan fingerprint density at radius 1 is 1.04 bits per heavy atom. The van der Waals surface area contributed by atoms with Crippen LogP contribution in [-0.2, 0) is 9.53 Å². The molecule has 0 atom stereocenters. The molecule has 3 rings (SSSR count). The summed E-state index contributed by atoms with van der Waals surface area (Å²) in [4.78, 5) is 24.1. The first kappa shape index (κ1) is 17.8. The lowest BCUT2D eigenvalue weighted by Gasteiger charge is -2.12. The third-order valence-electron chi connectivity index (χ3n) is 3.77. The zero-order valence-electron chi connectivity index (χ0n) is 14.0. The predicted octanol–water partition coefficient (Wildman–Crippen LogP) is 4.30. The molecule has 132 valence electrons. The zero-order chi connectivity index (χ0) is 18.5. The van der Waals surface area contributed by atoms with Gasteiger partial charge in [0.05, 0.1) is 18.4 Å². The molecule has 6 heteroatoms. The number of anilines is 1. The first-order valence-electron chi connectivity index (χ1n) is 7.87. The van der Waals surface area contributed by atoms with E-state index in [0.29, 0.717) is 10.8 Å². The minimum Gasteiger partial charge on any atom is -0.483 e. The van der Waals surface area contributed by atoms with Crippen molar-refractivity contribution in [1.29, 1.82) is 0 Å². The molecule has 0 aromatic heterocycles. The Morgan fingerprint density at radius 2 is 1.81 bits per heavy atom. The van der Waals surface area contributed by atoms with E-state index in [4.69, 9.17) is 21.1 Å². The van der Waals surface area contributed by atoms with Gasteiger partial charge in [0.1, 0.15) is 5.75 Å². The summed E-state index contributed by atoms with van der Waals surface area (Å²) < 4.78 is 10.4. The van der Waals surface area contributed by atoms with Gasteiger partial charge in [-0.2, -0.15) is 0 Å². The first-order valence-corrected chi connectivity index (χ1v) is 8.24. The summed E-state index contributed by atoms with van der Waals surface area (Å²) in [6.45, 7) is -0.207. The highest BCUT2D eigenvalue weighted by Crippen LogP contribution is 2.25. The SMILES string of the molecule is COC(=O)c1ccc(Cl)cc1NC(=O)COc1cccc2ccccc12. The maximum absolute atomic E-state index is 12.3. The maximum atomic E-state index is 12.3. The molecule has 0 radical (unpaired) electrons. The fourth-order valence-electron chi connectivity index (χ4n) is 2.56. The number of ether oxygens (including phenoxy) is 2. The molecule has 0 heterocycles. The summed E-state index contributed by atoms with van der Waals surface area (Å²) >= 11 is 5.95. The molecule has 1 amide bonds. The van der Waals surface area contributed by atoms with Gasteiger partial charge in [-0.1, -0.05) is 48.0 Å². The molecule has 0 aliphatic rings. The Morgan fingerprint density at radius 3 is 2.62 bits per heavy atom. The van der Waals surface area contributed by atoms with Gasteiger partial charge in [-0.25, -0.2) is 4.79 Å². The van der Waals surface area contributed by atoms with Crippen molar-refractivity contribution < 1.29 is 19.1 Å². The molecule has 5 nitrogen and oxygen atoms in total. The molecule has 0 fully saturated rings. The van der Waals surface area contributed by atoms with Crippen molar-refractivity contribution in [3.8, 4) is 5.75 Å². The molecule has 1 N–H and O–H groups in total. The molecule has 3 aromatic rings. The van der Waals surface area contributed by atoms with Gasteiger partial charge < -0.3 is 14.8 Å². The predicted molar refractivity (Wildman–Crippen MR) is 101 cm³/mol. The summed E-state index contributed by atoms with van der Waals surface area (Å²) in [7, 11) is 1.27. The van der Waals surface area contributed by atoms with E-state index in [-0.39, 0.29) is 17.9 Å². The number of hydrogen-bond donors (Lipinski definition) is 1. The Balaban J connectivity index is 1.73. The van der Waals surface area contributed by atoms with Gasteiger partial charge in [0, 0.05) is 10.4 Å². The van der Waals surface area contributed by atoms with Crippen molar-refractivity contribution in [1.82, 2.24) is 0 Å². The molecule has 0 aliphatic heterocycles. The van der Waals surface area contributed by atoms with Gasteiger partial charge in [-0.3, -0.25) is 4.79 Å². The van der Waals surface area contributed by atoms with E-state index in [0.717, 1.165) is 10.8 Å². The highest BCUT2D eigenvalue weighted by Gasteiger charge is 2.15. The third-order valence-corrected chi connectivity index (χ3v) is 4.00. The number of carbonyl (C=O) groups excluding carboxylic acids is 2. The number of amides is 1. The van der Waals surface area contributed by atoms with Crippen molar-refractivity contribution in [2.75, 3.05) is 19.0 Å². The smallest absolute Gasteiger partial charge is 0.339 e. The third kappa shape index (κ3) is 3.95. The van der Waals surface area contributed by atoms with Gasteiger partial charge in [0.2, 0.25) is 0 Å². The first-order chi connectivity index (χ1) is 12.6. The lowest BCUT2D eigenvalue weighted by Crippen LogP contribution is -2.21. The zero-order valence-corrected chi connectivity index (χ0v) is 14.7. The minimum absolute atomic E-state index is 0.207. The molecule has 3 aromatic carbocycles. The van der Waals surface area contributed by atoms with Crippen LogP contribution in [0.4, 0.5) is 5.69 Å².